The van der Waals surface area contributed by atoms with E-state index in [0.29, 0.717) is 11.4 Å². The molecule has 2 aliphatic carbocycles. The largest absolute Gasteiger partial charge is 0.282 e. The van der Waals surface area contributed by atoms with Crippen molar-refractivity contribution in [2.45, 2.75) is 9.79 Å². The minimum absolute atomic E-state index is 0.133. The normalized spacial score (nSPS) is 15.9. The Labute approximate surface area is 187 Å². The first kappa shape index (κ1) is 21.6. The van der Waals surface area contributed by atoms with Crippen molar-refractivity contribution in [2.24, 2.45) is 8.80 Å². The Hall–Kier alpha value is -3.62. The van der Waals surface area contributed by atoms with E-state index in [1.165, 1.54) is 24.3 Å². The average molecular weight is 463 g/mol. The number of sulfonamides is 2. The Bertz CT molecular complexity index is 1310. The summed E-state index contributed by atoms with van der Waals surface area (Å²) in [5.74, 6) is 0. The first-order valence-electron chi connectivity index (χ1n) is 9.60. The molecule has 0 fully saturated rings. The van der Waals surface area contributed by atoms with E-state index in [-0.39, 0.29) is 9.79 Å². The van der Waals surface area contributed by atoms with Crippen molar-refractivity contribution >= 4 is 31.5 Å². The number of rotatable bonds is 4. The molecule has 0 saturated carbocycles. The van der Waals surface area contributed by atoms with Crippen LogP contribution < -0.4 is 0 Å². The molecule has 32 heavy (non-hydrogen) atoms. The zero-order valence-corrected chi connectivity index (χ0v) is 18.4. The molecule has 0 atom stereocenters. The SMILES string of the molecule is O=S(=O)(N=C1C=CC(=C2C=CC(=NS(=O)(=O)c3ccccc3)C=C2)C=C1)c1ccccc1. The first-order valence-corrected chi connectivity index (χ1v) is 12.5. The summed E-state index contributed by atoms with van der Waals surface area (Å²) < 4.78 is 57.3. The molecule has 2 aromatic rings. The average Bonchev–Trinajstić information content (AvgIpc) is 2.81. The van der Waals surface area contributed by atoms with E-state index in [9.17, 15) is 16.8 Å². The molecule has 6 nitrogen and oxygen atoms in total. The molecular weight excluding hydrogens is 444 g/mol. The van der Waals surface area contributed by atoms with Crippen LogP contribution >= 0.6 is 0 Å². The molecule has 8 heteroatoms. The molecule has 0 radical (unpaired) electrons. The van der Waals surface area contributed by atoms with Crippen molar-refractivity contribution in [1.82, 2.24) is 0 Å². The van der Waals surface area contributed by atoms with Crippen LogP contribution in [0.15, 0.2) is 139 Å². The van der Waals surface area contributed by atoms with Gasteiger partial charge in [-0.25, -0.2) is 0 Å². The van der Waals surface area contributed by atoms with Gasteiger partial charge in [-0.1, -0.05) is 60.7 Å². The molecule has 2 aliphatic rings. The maximum atomic E-state index is 12.4. The van der Waals surface area contributed by atoms with Gasteiger partial charge in [0, 0.05) is 0 Å². The minimum atomic E-state index is -3.78. The molecule has 0 amide bonds. The van der Waals surface area contributed by atoms with Crippen LogP contribution in [0.5, 0.6) is 0 Å². The summed E-state index contributed by atoms with van der Waals surface area (Å²) in [5.41, 5.74) is 2.30. The van der Waals surface area contributed by atoms with Crippen molar-refractivity contribution in [1.29, 1.82) is 0 Å². The highest BCUT2D eigenvalue weighted by Gasteiger charge is 2.15. The molecule has 160 valence electrons. The predicted octanol–water partition coefficient (Wildman–Crippen LogP) is 4.19. The van der Waals surface area contributed by atoms with E-state index >= 15 is 0 Å². The summed E-state index contributed by atoms with van der Waals surface area (Å²) in [6, 6.07) is 16.1. The van der Waals surface area contributed by atoms with Crippen LogP contribution in [0.4, 0.5) is 0 Å². The molecule has 0 bridgehead atoms. The monoisotopic (exact) mass is 462 g/mol. The van der Waals surface area contributed by atoms with Gasteiger partial charge in [0.05, 0.1) is 21.2 Å². The first-order chi connectivity index (χ1) is 15.3. The number of nitrogens with zero attached hydrogens (tertiary/aromatic N) is 2. The highest BCUT2D eigenvalue weighted by molar-refractivity contribution is 7.90. The van der Waals surface area contributed by atoms with E-state index in [4.69, 9.17) is 0 Å². The third-order valence-corrected chi connectivity index (χ3v) is 7.24. The van der Waals surface area contributed by atoms with Gasteiger partial charge in [0.25, 0.3) is 20.0 Å². The van der Waals surface area contributed by atoms with Crippen LogP contribution in [0.1, 0.15) is 0 Å². The minimum Gasteiger partial charge on any atom is -0.199 e. The Morgan fingerprint density at radius 2 is 0.750 bits per heavy atom. The van der Waals surface area contributed by atoms with E-state index < -0.39 is 20.0 Å². The Kier molecular flexibility index (Phi) is 5.98. The van der Waals surface area contributed by atoms with Crippen LogP contribution in [0.2, 0.25) is 0 Å². The summed E-state index contributed by atoms with van der Waals surface area (Å²) >= 11 is 0. The second-order valence-corrected chi connectivity index (χ2v) is 10.1. The number of hydrogen-bond donors (Lipinski definition) is 0. The van der Waals surface area contributed by atoms with E-state index in [1.807, 2.05) is 0 Å². The van der Waals surface area contributed by atoms with E-state index in [0.717, 1.165) is 11.1 Å². The maximum Gasteiger partial charge on any atom is 0.282 e. The van der Waals surface area contributed by atoms with Crippen LogP contribution in [0.25, 0.3) is 0 Å². The summed E-state index contributed by atoms with van der Waals surface area (Å²) in [6.07, 6.45) is 13.5. The zero-order valence-electron chi connectivity index (χ0n) is 16.7. The third kappa shape index (κ3) is 4.99. The standard InChI is InChI=1S/C24H18N2O4S2/c27-31(28,23-7-3-1-4-8-23)25-21-15-11-19(12-16-21)20-13-17-22(18-14-20)26-32(29,30)24-9-5-2-6-10-24/h1-18H. The van der Waals surface area contributed by atoms with Crippen molar-refractivity contribution in [3.05, 3.63) is 120 Å². The molecule has 2 aromatic carbocycles. The lowest BCUT2D eigenvalue weighted by Crippen LogP contribution is -2.04. The zero-order chi connectivity index (χ0) is 22.6. The lowest BCUT2D eigenvalue weighted by atomic mass is 9.98. The van der Waals surface area contributed by atoms with Crippen LogP contribution in [-0.2, 0) is 20.0 Å². The lowest BCUT2D eigenvalue weighted by molar-refractivity contribution is 0.596. The number of allylic oxidation sites excluding steroid dienone is 10. The molecule has 0 unspecified atom stereocenters. The Morgan fingerprint density at radius 3 is 1.06 bits per heavy atom. The number of hydrogen-bond acceptors (Lipinski definition) is 4. The van der Waals surface area contributed by atoms with Crippen LogP contribution in [0, 0.1) is 0 Å². The lowest BCUT2D eigenvalue weighted by Gasteiger charge is -2.09. The van der Waals surface area contributed by atoms with Gasteiger partial charge in [-0.3, -0.25) is 0 Å². The molecular formula is C24H18N2O4S2. The third-order valence-electron chi connectivity index (χ3n) is 4.60. The van der Waals surface area contributed by atoms with Gasteiger partial charge >= 0.3 is 0 Å². The summed E-state index contributed by atoms with van der Waals surface area (Å²) in [6.45, 7) is 0. The maximum absolute atomic E-state index is 12.4. The molecule has 4 rings (SSSR count). The highest BCUT2D eigenvalue weighted by atomic mass is 32.2. The molecule has 0 aliphatic heterocycles. The topological polar surface area (TPSA) is 93.0 Å². The van der Waals surface area contributed by atoms with Gasteiger partial charge in [0.15, 0.2) is 0 Å². The van der Waals surface area contributed by atoms with Crippen molar-refractivity contribution in [2.75, 3.05) is 0 Å². The molecule has 0 aromatic heterocycles. The van der Waals surface area contributed by atoms with Gasteiger partial charge in [-0.15, -0.1) is 0 Å². The summed E-state index contributed by atoms with van der Waals surface area (Å²) in [5, 5.41) is 0. The molecule has 0 N–H and O–H groups in total. The number of benzene rings is 2. The molecule has 0 saturated heterocycles. The fraction of sp³-hybridized carbons (Fsp3) is 0. The second-order valence-electron chi connectivity index (χ2n) is 6.85. The van der Waals surface area contributed by atoms with Crippen LogP contribution in [-0.4, -0.2) is 28.3 Å². The summed E-state index contributed by atoms with van der Waals surface area (Å²) in [7, 11) is -7.56. The fourth-order valence-corrected chi connectivity index (χ4v) is 5.01. The van der Waals surface area contributed by atoms with Crippen LogP contribution in [0.3, 0.4) is 0 Å². The van der Waals surface area contributed by atoms with E-state index in [1.54, 1.807) is 85.0 Å². The Balaban J connectivity index is 1.52. The quantitative estimate of drug-likeness (QED) is 0.681. The van der Waals surface area contributed by atoms with Gasteiger partial charge < -0.3 is 0 Å². The summed E-state index contributed by atoms with van der Waals surface area (Å²) in [4.78, 5) is 0.266. The van der Waals surface area contributed by atoms with Gasteiger partial charge in [0.1, 0.15) is 0 Å². The Morgan fingerprint density at radius 1 is 0.438 bits per heavy atom. The van der Waals surface area contributed by atoms with Crippen molar-refractivity contribution in [3.63, 3.8) is 0 Å². The van der Waals surface area contributed by atoms with E-state index in [2.05, 4.69) is 8.80 Å². The molecule has 0 spiro atoms. The second kappa shape index (κ2) is 8.86. The highest BCUT2D eigenvalue weighted by Crippen LogP contribution is 2.20. The van der Waals surface area contributed by atoms with Gasteiger partial charge in [-0.05, 0) is 59.7 Å². The van der Waals surface area contributed by atoms with Gasteiger partial charge in [-0.2, -0.15) is 25.6 Å². The molecule has 0 heterocycles. The fourth-order valence-electron chi connectivity index (χ4n) is 3.00. The van der Waals surface area contributed by atoms with Gasteiger partial charge in [0.2, 0.25) is 0 Å². The predicted molar refractivity (Wildman–Crippen MR) is 126 cm³/mol. The smallest absolute Gasteiger partial charge is 0.199 e. The van der Waals surface area contributed by atoms with Crippen molar-refractivity contribution < 1.29 is 16.8 Å². The van der Waals surface area contributed by atoms with Crippen molar-refractivity contribution in [3.8, 4) is 0 Å².